The van der Waals surface area contributed by atoms with E-state index < -0.39 is 23.8 Å². The Morgan fingerprint density at radius 2 is 1.55 bits per heavy atom. The number of esters is 1. The van der Waals surface area contributed by atoms with Gasteiger partial charge in [-0.1, -0.05) is 24.3 Å². The van der Waals surface area contributed by atoms with Crippen LogP contribution >= 0.6 is 0 Å². The molecule has 0 saturated carbocycles. The molecule has 0 aliphatic heterocycles. The summed E-state index contributed by atoms with van der Waals surface area (Å²) in [5.74, 6) is -2.34. The van der Waals surface area contributed by atoms with Crippen molar-refractivity contribution in [2.45, 2.75) is 12.5 Å². The Balaban J connectivity index is 1.86. The van der Waals surface area contributed by atoms with Gasteiger partial charge in [0.15, 0.2) is 5.78 Å². The number of ketones is 1. The fourth-order valence-electron chi connectivity index (χ4n) is 3.11. The van der Waals surface area contributed by atoms with Crippen molar-refractivity contribution in [3.05, 3.63) is 101 Å². The molecule has 3 aromatic rings. The number of methoxy groups -OCH3 is 1. The number of carboxylic acids is 1. The molecule has 0 aliphatic carbocycles. The molecule has 0 amide bonds. The summed E-state index contributed by atoms with van der Waals surface area (Å²) < 4.78 is 18.1. The van der Waals surface area contributed by atoms with Crippen LogP contribution in [0.5, 0.6) is 0 Å². The zero-order valence-electron chi connectivity index (χ0n) is 16.7. The normalized spacial score (nSPS) is 11.4. The highest BCUT2D eigenvalue weighted by Crippen LogP contribution is 2.22. The van der Waals surface area contributed by atoms with Crippen molar-refractivity contribution in [2.24, 2.45) is 0 Å². The summed E-state index contributed by atoms with van der Waals surface area (Å²) >= 11 is 0. The lowest BCUT2D eigenvalue weighted by molar-refractivity contribution is -0.141. The third kappa shape index (κ3) is 5.33. The summed E-state index contributed by atoms with van der Waals surface area (Å²) in [5.41, 5.74) is 1.92. The van der Waals surface area contributed by atoms with E-state index in [1.807, 2.05) is 0 Å². The molecule has 158 valence electrons. The Kier molecular flexibility index (Phi) is 6.77. The van der Waals surface area contributed by atoms with Crippen LogP contribution in [0, 0.1) is 5.82 Å². The molecule has 1 atom stereocenters. The molecule has 2 N–H and O–H groups in total. The van der Waals surface area contributed by atoms with Crippen LogP contribution in [0.4, 0.5) is 10.1 Å². The number of para-hydroxylation sites is 1. The first-order valence-electron chi connectivity index (χ1n) is 9.45. The summed E-state index contributed by atoms with van der Waals surface area (Å²) in [6, 6.07) is 17.3. The molecule has 0 spiro atoms. The summed E-state index contributed by atoms with van der Waals surface area (Å²) in [6.07, 6.45) is 0.214. The number of nitrogens with one attached hydrogen (secondary N) is 1. The Bertz CT molecular complexity index is 1090. The number of carboxylic acid groups (broad SMARTS) is 1. The molecule has 0 heterocycles. The number of aromatic carboxylic acids is 1. The molecule has 0 fully saturated rings. The Morgan fingerprint density at radius 1 is 0.935 bits per heavy atom. The molecule has 31 heavy (non-hydrogen) atoms. The van der Waals surface area contributed by atoms with Crippen molar-refractivity contribution in [2.75, 3.05) is 12.4 Å². The number of hydrogen-bond acceptors (Lipinski definition) is 5. The predicted octanol–water partition coefficient (Wildman–Crippen LogP) is 3.95. The predicted molar refractivity (Wildman–Crippen MR) is 113 cm³/mol. The minimum absolute atomic E-state index is 0.140. The minimum atomic E-state index is -1.04. The monoisotopic (exact) mass is 421 g/mol. The van der Waals surface area contributed by atoms with Crippen LogP contribution in [0.2, 0.25) is 0 Å². The van der Waals surface area contributed by atoms with Gasteiger partial charge in [0.2, 0.25) is 0 Å². The topological polar surface area (TPSA) is 92.7 Å². The van der Waals surface area contributed by atoms with Gasteiger partial charge < -0.3 is 15.2 Å². The van der Waals surface area contributed by atoms with Crippen LogP contribution in [-0.4, -0.2) is 36.0 Å². The van der Waals surface area contributed by atoms with Gasteiger partial charge in [0.1, 0.15) is 11.9 Å². The van der Waals surface area contributed by atoms with Crippen LogP contribution in [0.1, 0.15) is 31.8 Å². The van der Waals surface area contributed by atoms with E-state index in [0.29, 0.717) is 16.8 Å². The fourth-order valence-corrected chi connectivity index (χ4v) is 3.11. The van der Waals surface area contributed by atoms with Crippen molar-refractivity contribution in [3.8, 4) is 0 Å². The number of halogens is 1. The van der Waals surface area contributed by atoms with E-state index >= 15 is 0 Å². The van der Waals surface area contributed by atoms with E-state index in [4.69, 9.17) is 9.84 Å². The third-order valence-corrected chi connectivity index (χ3v) is 4.73. The largest absolute Gasteiger partial charge is 0.478 e. The lowest BCUT2D eigenvalue weighted by Gasteiger charge is -2.20. The fraction of sp³-hybridized carbons (Fsp3) is 0.125. The summed E-state index contributed by atoms with van der Waals surface area (Å²) in [7, 11) is 1.26. The minimum Gasteiger partial charge on any atom is -0.478 e. The van der Waals surface area contributed by atoms with Gasteiger partial charge in [-0.2, -0.15) is 0 Å². The summed E-state index contributed by atoms with van der Waals surface area (Å²) in [5, 5.41) is 12.1. The maximum Gasteiger partial charge on any atom is 0.335 e. The molecule has 0 saturated heterocycles. The molecule has 1 unspecified atom stereocenters. The second kappa shape index (κ2) is 9.67. The summed E-state index contributed by atoms with van der Waals surface area (Å²) in [6.45, 7) is 0. The van der Waals surface area contributed by atoms with Gasteiger partial charge in [0.05, 0.1) is 12.7 Å². The van der Waals surface area contributed by atoms with Crippen LogP contribution in [-0.2, 0) is 16.0 Å². The lowest BCUT2D eigenvalue weighted by Crippen LogP contribution is -2.33. The number of benzene rings is 3. The van der Waals surface area contributed by atoms with Gasteiger partial charge in [-0.15, -0.1) is 0 Å². The van der Waals surface area contributed by atoms with Crippen molar-refractivity contribution >= 4 is 23.4 Å². The van der Waals surface area contributed by atoms with Gasteiger partial charge >= 0.3 is 11.9 Å². The van der Waals surface area contributed by atoms with E-state index in [1.165, 1.54) is 43.5 Å². The highest BCUT2D eigenvalue weighted by atomic mass is 19.1. The second-order valence-electron chi connectivity index (χ2n) is 6.81. The molecule has 3 rings (SSSR count). The van der Waals surface area contributed by atoms with E-state index in [1.54, 1.807) is 36.4 Å². The highest BCUT2D eigenvalue weighted by Gasteiger charge is 2.22. The number of ether oxygens (including phenoxy) is 1. The van der Waals surface area contributed by atoms with E-state index in [2.05, 4.69) is 5.32 Å². The van der Waals surface area contributed by atoms with Crippen molar-refractivity contribution in [3.63, 3.8) is 0 Å². The van der Waals surface area contributed by atoms with Gasteiger partial charge in [-0.05, 0) is 54.1 Å². The lowest BCUT2D eigenvalue weighted by atomic mass is 10.00. The van der Waals surface area contributed by atoms with Gasteiger partial charge in [0, 0.05) is 23.2 Å². The van der Waals surface area contributed by atoms with Crippen molar-refractivity contribution in [1.29, 1.82) is 0 Å². The average molecular weight is 421 g/mol. The van der Waals surface area contributed by atoms with E-state index in [0.717, 1.165) is 5.56 Å². The van der Waals surface area contributed by atoms with Crippen LogP contribution in [0.3, 0.4) is 0 Å². The number of carbonyl (C=O) groups is 3. The number of anilines is 1. The first-order valence-corrected chi connectivity index (χ1v) is 9.45. The van der Waals surface area contributed by atoms with Crippen molar-refractivity contribution in [1.82, 2.24) is 0 Å². The SMILES string of the molecule is COC(=O)C(Cc1ccc(C(=O)O)cc1)Nc1ccccc1C(=O)c1ccc(F)cc1. The first-order chi connectivity index (χ1) is 14.9. The van der Waals surface area contributed by atoms with Crippen LogP contribution < -0.4 is 5.32 Å². The van der Waals surface area contributed by atoms with E-state index in [-0.39, 0.29) is 17.8 Å². The van der Waals surface area contributed by atoms with Crippen LogP contribution in [0.15, 0.2) is 72.8 Å². The highest BCUT2D eigenvalue weighted by molar-refractivity contribution is 6.12. The molecular weight excluding hydrogens is 401 g/mol. The van der Waals surface area contributed by atoms with E-state index in [9.17, 15) is 18.8 Å². The number of rotatable bonds is 8. The number of hydrogen-bond donors (Lipinski definition) is 2. The molecule has 0 bridgehead atoms. The van der Waals surface area contributed by atoms with Gasteiger partial charge in [-0.25, -0.2) is 14.0 Å². The van der Waals surface area contributed by atoms with Gasteiger partial charge in [-0.3, -0.25) is 4.79 Å². The standard InChI is InChI=1S/C24H20FNO5/c1-31-24(30)21(14-15-6-8-17(9-7-15)23(28)29)26-20-5-3-2-4-19(20)22(27)16-10-12-18(25)13-11-16/h2-13,21,26H,14H2,1H3,(H,28,29). The zero-order chi connectivity index (χ0) is 22.4. The average Bonchev–Trinajstić information content (AvgIpc) is 2.79. The van der Waals surface area contributed by atoms with Gasteiger partial charge in [0.25, 0.3) is 0 Å². The smallest absolute Gasteiger partial charge is 0.335 e. The quantitative estimate of drug-likeness (QED) is 0.423. The van der Waals surface area contributed by atoms with Crippen molar-refractivity contribution < 1.29 is 28.6 Å². The van der Waals surface area contributed by atoms with Crippen LogP contribution in [0.25, 0.3) is 0 Å². The third-order valence-electron chi connectivity index (χ3n) is 4.73. The molecule has 0 aromatic heterocycles. The first kappa shape index (κ1) is 21.7. The molecule has 3 aromatic carbocycles. The molecule has 0 radical (unpaired) electrons. The zero-order valence-corrected chi connectivity index (χ0v) is 16.7. The molecule has 0 aliphatic rings. The second-order valence-corrected chi connectivity index (χ2v) is 6.81. The maximum absolute atomic E-state index is 13.2. The molecule has 6 nitrogen and oxygen atoms in total. The Hall–Kier alpha value is -4.00. The molecule has 7 heteroatoms. The molecular formula is C24H20FNO5. The number of carbonyl (C=O) groups excluding carboxylic acids is 2. The maximum atomic E-state index is 13.2. The Morgan fingerprint density at radius 3 is 2.16 bits per heavy atom. The summed E-state index contributed by atoms with van der Waals surface area (Å²) in [4.78, 5) is 36.3. The Labute approximate surface area is 178 Å².